The molecule has 1 aromatic carbocycles. The van der Waals surface area contributed by atoms with Gasteiger partial charge in [-0.3, -0.25) is 4.90 Å². The molecule has 2 fully saturated rings. The maximum atomic E-state index is 12.2. The average molecular weight is 338 g/mol. The normalized spacial score (nSPS) is 21.5. The second kappa shape index (κ2) is 6.89. The van der Waals surface area contributed by atoms with E-state index in [1.807, 2.05) is 0 Å². The standard InChI is InChI=1S/C17H26N2O3S/c1-14-3-5-15(6-4-14)11-18-12-17(13-18)19(23(2,20)21)16-7-9-22-10-8-16/h3-6,16-17H,7-13H2,1-2H3. The number of hydrogen-bond donors (Lipinski definition) is 0. The molecule has 2 aliphatic rings. The van der Waals surface area contributed by atoms with Crippen LogP contribution in [-0.2, 0) is 21.3 Å². The van der Waals surface area contributed by atoms with Gasteiger partial charge < -0.3 is 4.74 Å². The number of rotatable bonds is 5. The van der Waals surface area contributed by atoms with Gasteiger partial charge in [-0.05, 0) is 25.3 Å². The van der Waals surface area contributed by atoms with Crippen LogP contribution < -0.4 is 0 Å². The first-order valence-corrected chi connectivity index (χ1v) is 10.1. The molecule has 0 atom stereocenters. The molecule has 23 heavy (non-hydrogen) atoms. The van der Waals surface area contributed by atoms with Crippen LogP contribution in [0.25, 0.3) is 0 Å². The summed E-state index contributed by atoms with van der Waals surface area (Å²) >= 11 is 0. The van der Waals surface area contributed by atoms with E-state index in [1.165, 1.54) is 17.4 Å². The van der Waals surface area contributed by atoms with Crippen molar-refractivity contribution in [2.75, 3.05) is 32.6 Å². The van der Waals surface area contributed by atoms with Gasteiger partial charge in [0.05, 0.1) is 12.3 Å². The highest BCUT2D eigenvalue weighted by Crippen LogP contribution is 2.26. The molecule has 0 radical (unpaired) electrons. The molecule has 0 amide bonds. The molecule has 0 N–H and O–H groups in total. The molecule has 0 spiro atoms. The van der Waals surface area contributed by atoms with Crippen molar-refractivity contribution in [3.8, 4) is 0 Å². The first-order valence-electron chi connectivity index (χ1n) is 8.27. The van der Waals surface area contributed by atoms with Gasteiger partial charge in [0, 0.05) is 38.9 Å². The van der Waals surface area contributed by atoms with Crippen LogP contribution in [0.1, 0.15) is 24.0 Å². The van der Waals surface area contributed by atoms with E-state index < -0.39 is 10.0 Å². The van der Waals surface area contributed by atoms with E-state index >= 15 is 0 Å². The van der Waals surface area contributed by atoms with Crippen molar-refractivity contribution in [2.45, 2.75) is 38.4 Å². The molecular formula is C17H26N2O3S. The second-order valence-corrected chi connectivity index (χ2v) is 8.66. The predicted octanol–water partition coefficient (Wildman–Crippen LogP) is 1.62. The number of nitrogens with zero attached hydrogens (tertiary/aromatic N) is 2. The topological polar surface area (TPSA) is 49.9 Å². The molecule has 5 nitrogen and oxygen atoms in total. The first-order chi connectivity index (χ1) is 10.9. The molecule has 0 saturated carbocycles. The number of aryl methyl sites for hydroxylation is 1. The van der Waals surface area contributed by atoms with Crippen LogP contribution in [0, 0.1) is 6.92 Å². The van der Waals surface area contributed by atoms with Crippen LogP contribution in [-0.4, -0.2) is 62.3 Å². The summed E-state index contributed by atoms with van der Waals surface area (Å²) in [5.74, 6) is 0. The minimum atomic E-state index is -3.18. The molecule has 2 aliphatic heterocycles. The van der Waals surface area contributed by atoms with Crippen molar-refractivity contribution in [3.63, 3.8) is 0 Å². The number of hydrogen-bond acceptors (Lipinski definition) is 4. The molecule has 3 rings (SSSR count). The van der Waals surface area contributed by atoms with Gasteiger partial charge >= 0.3 is 0 Å². The van der Waals surface area contributed by atoms with E-state index in [2.05, 4.69) is 36.1 Å². The summed E-state index contributed by atoms with van der Waals surface area (Å²) in [6.07, 6.45) is 2.95. The zero-order valence-electron chi connectivity index (χ0n) is 13.9. The molecule has 0 unspecified atom stereocenters. The van der Waals surface area contributed by atoms with Crippen molar-refractivity contribution < 1.29 is 13.2 Å². The van der Waals surface area contributed by atoms with Crippen LogP contribution in [0.4, 0.5) is 0 Å². The smallest absolute Gasteiger partial charge is 0.211 e. The Morgan fingerprint density at radius 2 is 1.74 bits per heavy atom. The summed E-state index contributed by atoms with van der Waals surface area (Å²) in [4.78, 5) is 2.31. The summed E-state index contributed by atoms with van der Waals surface area (Å²) in [6, 6.07) is 8.75. The number of likely N-dealkylation sites (tertiary alicyclic amines) is 1. The predicted molar refractivity (Wildman–Crippen MR) is 90.8 cm³/mol. The highest BCUT2D eigenvalue weighted by Gasteiger charge is 2.40. The molecule has 2 heterocycles. The molecule has 2 saturated heterocycles. The number of ether oxygens (including phenoxy) is 1. The van der Waals surface area contributed by atoms with E-state index in [0.29, 0.717) is 13.2 Å². The Kier molecular flexibility index (Phi) is 5.06. The number of benzene rings is 1. The van der Waals surface area contributed by atoms with Crippen molar-refractivity contribution in [1.82, 2.24) is 9.21 Å². The Bertz CT molecular complexity index is 618. The van der Waals surface area contributed by atoms with Gasteiger partial charge in [0.2, 0.25) is 10.0 Å². The highest BCUT2D eigenvalue weighted by molar-refractivity contribution is 7.88. The highest BCUT2D eigenvalue weighted by atomic mass is 32.2. The lowest BCUT2D eigenvalue weighted by Crippen LogP contribution is -2.63. The lowest BCUT2D eigenvalue weighted by Gasteiger charge is -2.47. The third-order valence-electron chi connectivity index (χ3n) is 4.76. The summed E-state index contributed by atoms with van der Waals surface area (Å²) in [7, 11) is -3.18. The Balaban J connectivity index is 1.59. The average Bonchev–Trinajstić information content (AvgIpc) is 2.47. The van der Waals surface area contributed by atoms with Crippen LogP contribution in [0.3, 0.4) is 0 Å². The van der Waals surface area contributed by atoms with Gasteiger partial charge in [0.15, 0.2) is 0 Å². The maximum absolute atomic E-state index is 12.2. The molecule has 0 aliphatic carbocycles. The van der Waals surface area contributed by atoms with Crippen LogP contribution in [0.5, 0.6) is 0 Å². The third-order valence-corrected chi connectivity index (χ3v) is 6.12. The van der Waals surface area contributed by atoms with Crippen molar-refractivity contribution in [1.29, 1.82) is 0 Å². The van der Waals surface area contributed by atoms with E-state index in [0.717, 1.165) is 32.5 Å². The minimum absolute atomic E-state index is 0.102. The van der Waals surface area contributed by atoms with E-state index in [-0.39, 0.29) is 12.1 Å². The Morgan fingerprint density at radius 3 is 2.30 bits per heavy atom. The first kappa shape index (κ1) is 16.9. The molecule has 0 bridgehead atoms. The second-order valence-electron chi connectivity index (χ2n) is 6.77. The summed E-state index contributed by atoms with van der Waals surface area (Å²) in [6.45, 7) is 5.94. The third kappa shape index (κ3) is 4.12. The van der Waals surface area contributed by atoms with Crippen molar-refractivity contribution in [3.05, 3.63) is 35.4 Å². The van der Waals surface area contributed by atoms with Gasteiger partial charge in [-0.25, -0.2) is 8.42 Å². The zero-order valence-corrected chi connectivity index (χ0v) is 14.8. The van der Waals surface area contributed by atoms with Crippen LogP contribution in [0.15, 0.2) is 24.3 Å². The van der Waals surface area contributed by atoms with Gasteiger partial charge in [0.1, 0.15) is 0 Å². The van der Waals surface area contributed by atoms with Gasteiger partial charge in [-0.1, -0.05) is 29.8 Å². The lowest BCUT2D eigenvalue weighted by atomic mass is 10.0. The monoisotopic (exact) mass is 338 g/mol. The summed E-state index contributed by atoms with van der Waals surface area (Å²) in [5.41, 5.74) is 2.55. The summed E-state index contributed by atoms with van der Waals surface area (Å²) < 4.78 is 31.6. The van der Waals surface area contributed by atoms with Gasteiger partial charge in [0.25, 0.3) is 0 Å². The SMILES string of the molecule is Cc1ccc(CN2CC(N(C3CCOCC3)S(C)(=O)=O)C2)cc1. The van der Waals surface area contributed by atoms with Gasteiger partial charge in [-0.15, -0.1) is 0 Å². The van der Waals surface area contributed by atoms with Gasteiger partial charge in [-0.2, -0.15) is 4.31 Å². The lowest BCUT2D eigenvalue weighted by molar-refractivity contribution is 0.00978. The fourth-order valence-corrected chi connectivity index (χ4v) is 4.99. The Hall–Kier alpha value is -0.950. The largest absolute Gasteiger partial charge is 0.381 e. The number of sulfonamides is 1. The Morgan fingerprint density at radius 1 is 1.13 bits per heavy atom. The van der Waals surface area contributed by atoms with Crippen LogP contribution in [0.2, 0.25) is 0 Å². The maximum Gasteiger partial charge on any atom is 0.211 e. The van der Waals surface area contributed by atoms with Crippen LogP contribution >= 0.6 is 0 Å². The van der Waals surface area contributed by atoms with E-state index in [1.54, 1.807) is 4.31 Å². The van der Waals surface area contributed by atoms with E-state index in [4.69, 9.17) is 4.74 Å². The minimum Gasteiger partial charge on any atom is -0.381 e. The molecule has 1 aromatic rings. The van der Waals surface area contributed by atoms with Crippen molar-refractivity contribution in [2.24, 2.45) is 0 Å². The summed E-state index contributed by atoms with van der Waals surface area (Å²) in [5, 5.41) is 0. The zero-order chi connectivity index (χ0) is 16.4. The quantitative estimate of drug-likeness (QED) is 0.819. The molecule has 6 heteroatoms. The molecule has 128 valence electrons. The molecule has 0 aromatic heterocycles. The Labute approximate surface area is 139 Å². The molecular weight excluding hydrogens is 312 g/mol. The fraction of sp³-hybridized carbons (Fsp3) is 0.647. The van der Waals surface area contributed by atoms with E-state index in [9.17, 15) is 8.42 Å². The van der Waals surface area contributed by atoms with Crippen molar-refractivity contribution >= 4 is 10.0 Å². The fourth-order valence-electron chi connectivity index (χ4n) is 3.56.